The summed E-state index contributed by atoms with van der Waals surface area (Å²) in [7, 11) is 0. The van der Waals surface area contributed by atoms with Crippen molar-refractivity contribution in [3.63, 3.8) is 0 Å². The number of alkyl halides is 1. The molecule has 1 nitrogen and oxygen atoms in total. The molecule has 2 rings (SSSR count). The highest BCUT2D eigenvalue weighted by Gasteiger charge is 2.30. The van der Waals surface area contributed by atoms with Crippen LogP contribution in [-0.4, -0.2) is 10.9 Å². The Hall–Kier alpha value is -0.210. The molecule has 1 aromatic rings. The third-order valence-corrected chi connectivity index (χ3v) is 3.82. The number of rotatable bonds is 3. The molecule has 0 bridgehead atoms. The van der Waals surface area contributed by atoms with Crippen LogP contribution in [0.1, 0.15) is 38.2 Å². The fraction of sp³-hybridized carbons (Fsp3) is 0.538. The number of benzene rings is 1. The maximum Gasteiger partial charge on any atom is 0.123 e. The van der Waals surface area contributed by atoms with E-state index in [1.54, 1.807) is 0 Å². The summed E-state index contributed by atoms with van der Waals surface area (Å²) in [6, 6.07) is 5.91. The molecule has 0 amide bonds. The van der Waals surface area contributed by atoms with E-state index < -0.39 is 0 Å². The molecule has 1 heterocycles. The van der Waals surface area contributed by atoms with Crippen LogP contribution < -0.4 is 4.74 Å². The Kier molecular flexibility index (Phi) is 3.81. The van der Waals surface area contributed by atoms with Gasteiger partial charge in [0.15, 0.2) is 0 Å². The van der Waals surface area contributed by atoms with Gasteiger partial charge in [0.1, 0.15) is 11.9 Å². The van der Waals surface area contributed by atoms with Gasteiger partial charge in [-0.1, -0.05) is 34.5 Å². The van der Waals surface area contributed by atoms with Crippen molar-refractivity contribution in [2.24, 2.45) is 0 Å². The number of ether oxygens (including phenoxy) is 1. The van der Waals surface area contributed by atoms with E-state index in [2.05, 4.69) is 29.8 Å². The fourth-order valence-corrected chi connectivity index (χ4v) is 2.70. The van der Waals surface area contributed by atoms with Crippen molar-refractivity contribution in [3.05, 3.63) is 28.8 Å². The van der Waals surface area contributed by atoms with Crippen molar-refractivity contribution in [1.29, 1.82) is 0 Å². The molecule has 3 atom stereocenters. The summed E-state index contributed by atoms with van der Waals surface area (Å²) >= 11 is 9.62. The highest BCUT2D eigenvalue weighted by molar-refractivity contribution is 9.09. The predicted molar refractivity (Wildman–Crippen MR) is 71.9 cm³/mol. The number of halogens is 2. The second kappa shape index (κ2) is 4.97. The molecule has 3 unspecified atom stereocenters. The summed E-state index contributed by atoms with van der Waals surface area (Å²) in [5.41, 5.74) is 1.27. The first kappa shape index (κ1) is 12.3. The summed E-state index contributed by atoms with van der Waals surface area (Å²) in [6.07, 6.45) is 2.56. The van der Waals surface area contributed by atoms with E-state index >= 15 is 0 Å². The van der Waals surface area contributed by atoms with E-state index in [-0.39, 0.29) is 6.10 Å². The summed E-state index contributed by atoms with van der Waals surface area (Å²) in [5, 5.41) is 0.799. The Morgan fingerprint density at radius 1 is 1.50 bits per heavy atom. The average Bonchev–Trinajstić information content (AvgIpc) is 2.51. The minimum absolute atomic E-state index is 0.264. The molecule has 1 aromatic carbocycles. The van der Waals surface area contributed by atoms with Crippen LogP contribution in [0.4, 0.5) is 0 Å². The molecule has 0 fully saturated rings. The van der Waals surface area contributed by atoms with Crippen molar-refractivity contribution in [2.75, 3.05) is 0 Å². The summed E-state index contributed by atoms with van der Waals surface area (Å²) in [4.78, 5) is 0.558. The third kappa shape index (κ3) is 2.54. The number of fused-ring (bicyclic) bond motifs is 1. The van der Waals surface area contributed by atoms with E-state index in [1.807, 2.05) is 18.2 Å². The molecule has 0 aromatic heterocycles. The van der Waals surface area contributed by atoms with Gasteiger partial charge in [0, 0.05) is 21.3 Å². The molecule has 0 saturated carbocycles. The van der Waals surface area contributed by atoms with Crippen LogP contribution in [0.5, 0.6) is 5.75 Å². The van der Waals surface area contributed by atoms with E-state index in [4.69, 9.17) is 16.3 Å². The van der Waals surface area contributed by atoms with E-state index in [9.17, 15) is 0 Å². The van der Waals surface area contributed by atoms with Crippen molar-refractivity contribution in [2.45, 2.75) is 43.5 Å². The molecule has 3 heteroatoms. The van der Waals surface area contributed by atoms with Gasteiger partial charge >= 0.3 is 0 Å². The van der Waals surface area contributed by atoms with Gasteiger partial charge < -0.3 is 4.74 Å². The Morgan fingerprint density at radius 3 is 2.94 bits per heavy atom. The first-order valence-electron chi connectivity index (χ1n) is 5.68. The highest BCUT2D eigenvalue weighted by Crippen LogP contribution is 2.42. The molecular formula is C13H16BrClO. The molecule has 0 saturated heterocycles. The minimum Gasteiger partial charge on any atom is -0.490 e. The minimum atomic E-state index is 0.264. The third-order valence-electron chi connectivity index (χ3n) is 3.13. The Morgan fingerprint density at radius 2 is 2.25 bits per heavy atom. The zero-order valence-electron chi connectivity index (χ0n) is 9.54. The number of hydrogen-bond acceptors (Lipinski definition) is 1. The van der Waals surface area contributed by atoms with E-state index in [0.717, 1.165) is 23.6 Å². The smallest absolute Gasteiger partial charge is 0.123 e. The van der Waals surface area contributed by atoms with Crippen LogP contribution >= 0.6 is 27.5 Å². The molecule has 1 aliphatic heterocycles. The van der Waals surface area contributed by atoms with E-state index in [0.29, 0.717) is 10.7 Å². The van der Waals surface area contributed by atoms with Crippen molar-refractivity contribution in [3.8, 4) is 5.75 Å². The Labute approximate surface area is 110 Å². The summed E-state index contributed by atoms with van der Waals surface area (Å²) in [6.45, 7) is 4.32. The second-order valence-electron chi connectivity index (χ2n) is 4.47. The average molecular weight is 304 g/mol. The molecule has 16 heavy (non-hydrogen) atoms. The quantitative estimate of drug-likeness (QED) is 0.731. The van der Waals surface area contributed by atoms with Crippen molar-refractivity contribution in [1.82, 2.24) is 0 Å². The SMILES string of the molecule is CC(Br)CCC1c2cc(Cl)ccc2OC1C. The van der Waals surface area contributed by atoms with Crippen LogP contribution in [0.15, 0.2) is 18.2 Å². The van der Waals surface area contributed by atoms with Gasteiger partial charge in [0.2, 0.25) is 0 Å². The van der Waals surface area contributed by atoms with Crippen molar-refractivity contribution >= 4 is 27.5 Å². The van der Waals surface area contributed by atoms with Gasteiger partial charge in [-0.15, -0.1) is 0 Å². The molecule has 0 radical (unpaired) electrons. The topological polar surface area (TPSA) is 9.23 Å². The monoisotopic (exact) mass is 302 g/mol. The van der Waals surface area contributed by atoms with Crippen LogP contribution in [0.2, 0.25) is 5.02 Å². The first-order chi connectivity index (χ1) is 7.58. The lowest BCUT2D eigenvalue weighted by molar-refractivity contribution is 0.220. The lowest BCUT2D eigenvalue weighted by atomic mass is 9.91. The van der Waals surface area contributed by atoms with Crippen LogP contribution in [0, 0.1) is 0 Å². The van der Waals surface area contributed by atoms with Crippen LogP contribution in [-0.2, 0) is 0 Å². The lowest BCUT2D eigenvalue weighted by Crippen LogP contribution is -2.14. The fourth-order valence-electron chi connectivity index (χ4n) is 2.25. The standard InChI is InChI=1S/C13H16BrClO/c1-8(14)3-5-11-9(2)16-13-6-4-10(15)7-12(11)13/h4,6-9,11H,3,5H2,1-2H3. The molecular weight excluding hydrogens is 287 g/mol. The largest absolute Gasteiger partial charge is 0.490 e. The van der Waals surface area contributed by atoms with Crippen LogP contribution in [0.25, 0.3) is 0 Å². The van der Waals surface area contributed by atoms with Gasteiger partial charge in [-0.3, -0.25) is 0 Å². The molecule has 0 aliphatic carbocycles. The van der Waals surface area contributed by atoms with Crippen LogP contribution in [0.3, 0.4) is 0 Å². The Balaban J connectivity index is 2.18. The molecule has 0 N–H and O–H groups in total. The van der Waals surface area contributed by atoms with Gasteiger partial charge in [0.25, 0.3) is 0 Å². The normalized spacial score (nSPS) is 25.0. The first-order valence-corrected chi connectivity index (χ1v) is 6.97. The zero-order valence-corrected chi connectivity index (χ0v) is 11.9. The second-order valence-corrected chi connectivity index (χ2v) is 6.47. The summed E-state index contributed by atoms with van der Waals surface area (Å²) in [5.74, 6) is 1.48. The van der Waals surface area contributed by atoms with Gasteiger partial charge in [-0.05, 0) is 38.0 Å². The molecule has 1 aliphatic rings. The van der Waals surface area contributed by atoms with Gasteiger partial charge in [-0.25, -0.2) is 0 Å². The molecule has 0 spiro atoms. The maximum absolute atomic E-state index is 6.03. The zero-order chi connectivity index (χ0) is 11.7. The van der Waals surface area contributed by atoms with Crippen molar-refractivity contribution < 1.29 is 4.74 Å². The predicted octanol–water partition coefficient (Wildman–Crippen LogP) is 4.77. The van der Waals surface area contributed by atoms with Gasteiger partial charge in [-0.2, -0.15) is 0 Å². The lowest BCUT2D eigenvalue weighted by Gasteiger charge is -2.15. The maximum atomic E-state index is 6.03. The summed E-state index contributed by atoms with van der Waals surface area (Å²) < 4.78 is 5.83. The van der Waals surface area contributed by atoms with Gasteiger partial charge in [0.05, 0.1) is 0 Å². The van der Waals surface area contributed by atoms with E-state index in [1.165, 1.54) is 5.56 Å². The molecule has 88 valence electrons. The number of hydrogen-bond donors (Lipinski definition) is 0. The highest BCUT2D eigenvalue weighted by atomic mass is 79.9. The Bertz CT molecular complexity index is 378.